The van der Waals surface area contributed by atoms with Crippen LogP contribution >= 0.6 is 11.3 Å². The van der Waals surface area contributed by atoms with Crippen molar-refractivity contribution in [1.82, 2.24) is 9.88 Å². The molecular formula is C15H21N3OS. The van der Waals surface area contributed by atoms with Crippen molar-refractivity contribution in [2.45, 2.75) is 38.6 Å². The van der Waals surface area contributed by atoms with Crippen molar-refractivity contribution in [3.63, 3.8) is 0 Å². The Balaban J connectivity index is 1.45. The predicted octanol–water partition coefficient (Wildman–Crippen LogP) is 2.51. The molecule has 4 rings (SSSR count). The number of aromatic nitrogens is 1. The van der Waals surface area contributed by atoms with Crippen LogP contribution in [0.2, 0.25) is 0 Å². The van der Waals surface area contributed by atoms with Gasteiger partial charge < -0.3 is 10.2 Å². The smallest absolute Gasteiger partial charge is 0.229 e. The number of rotatable bonds is 2. The van der Waals surface area contributed by atoms with Crippen LogP contribution in [0.25, 0.3) is 0 Å². The molecular weight excluding hydrogens is 270 g/mol. The van der Waals surface area contributed by atoms with Crippen molar-refractivity contribution >= 4 is 22.4 Å². The van der Waals surface area contributed by atoms with Crippen molar-refractivity contribution in [2.24, 2.45) is 17.8 Å². The molecule has 5 heteroatoms. The molecule has 2 bridgehead atoms. The van der Waals surface area contributed by atoms with Gasteiger partial charge in [-0.1, -0.05) is 6.42 Å². The number of likely N-dealkylation sites (N-methyl/N-ethyl adjacent to an activating group) is 1. The van der Waals surface area contributed by atoms with Gasteiger partial charge in [0.25, 0.3) is 0 Å². The Morgan fingerprint density at radius 2 is 2.30 bits per heavy atom. The number of anilines is 1. The summed E-state index contributed by atoms with van der Waals surface area (Å²) in [5.74, 6) is 1.92. The van der Waals surface area contributed by atoms with Gasteiger partial charge in [-0.25, -0.2) is 4.98 Å². The highest BCUT2D eigenvalue weighted by atomic mass is 32.1. The van der Waals surface area contributed by atoms with E-state index in [0.717, 1.165) is 37.0 Å². The van der Waals surface area contributed by atoms with Crippen molar-refractivity contribution in [3.05, 3.63) is 10.6 Å². The van der Waals surface area contributed by atoms with Gasteiger partial charge in [-0.3, -0.25) is 4.79 Å². The van der Waals surface area contributed by atoms with Crippen LogP contribution in [0.1, 0.15) is 36.3 Å². The molecule has 2 saturated carbocycles. The number of nitrogens with one attached hydrogen (secondary N) is 1. The minimum absolute atomic E-state index is 0.219. The van der Waals surface area contributed by atoms with Gasteiger partial charge in [0.05, 0.1) is 5.69 Å². The summed E-state index contributed by atoms with van der Waals surface area (Å²) in [6.07, 6.45) is 5.97. The number of hydrogen-bond donors (Lipinski definition) is 1. The molecule has 1 aliphatic heterocycles. The zero-order chi connectivity index (χ0) is 13.7. The molecule has 108 valence electrons. The van der Waals surface area contributed by atoms with E-state index in [9.17, 15) is 4.79 Å². The molecule has 0 radical (unpaired) electrons. The fraction of sp³-hybridized carbons (Fsp3) is 0.733. The molecule has 0 saturated heterocycles. The largest absolute Gasteiger partial charge is 0.302 e. The van der Waals surface area contributed by atoms with E-state index < -0.39 is 0 Å². The fourth-order valence-electron chi connectivity index (χ4n) is 4.14. The molecule has 2 fully saturated rings. The monoisotopic (exact) mass is 291 g/mol. The summed E-state index contributed by atoms with van der Waals surface area (Å²) in [4.78, 5) is 20.7. The first-order chi connectivity index (χ1) is 9.69. The minimum atomic E-state index is 0.219. The van der Waals surface area contributed by atoms with Crippen LogP contribution in [0.3, 0.4) is 0 Å². The molecule has 1 aromatic rings. The van der Waals surface area contributed by atoms with E-state index in [0.29, 0.717) is 5.92 Å². The summed E-state index contributed by atoms with van der Waals surface area (Å²) in [5, 5.41) is 3.91. The zero-order valence-corrected chi connectivity index (χ0v) is 12.7. The Hall–Kier alpha value is -0.940. The second-order valence-corrected chi connectivity index (χ2v) is 7.73. The lowest BCUT2D eigenvalue weighted by molar-refractivity contribution is -0.121. The number of hydrogen-bond acceptors (Lipinski definition) is 4. The Labute approximate surface area is 123 Å². The normalized spacial score (nSPS) is 32.4. The molecule has 3 aliphatic rings. The molecule has 2 aliphatic carbocycles. The molecule has 20 heavy (non-hydrogen) atoms. The van der Waals surface area contributed by atoms with Crippen molar-refractivity contribution < 1.29 is 4.79 Å². The third-order valence-corrected chi connectivity index (χ3v) is 6.22. The van der Waals surface area contributed by atoms with Crippen LogP contribution in [0, 0.1) is 17.8 Å². The molecule has 0 spiro atoms. The summed E-state index contributed by atoms with van der Waals surface area (Å²) in [6, 6.07) is 0. The van der Waals surface area contributed by atoms with E-state index in [1.165, 1.54) is 29.8 Å². The molecule has 1 amide bonds. The molecule has 1 N–H and O–H groups in total. The Kier molecular flexibility index (Phi) is 3.07. The maximum Gasteiger partial charge on any atom is 0.229 e. The van der Waals surface area contributed by atoms with Gasteiger partial charge in [0.2, 0.25) is 5.91 Å². The first-order valence-corrected chi connectivity index (χ1v) is 8.48. The van der Waals surface area contributed by atoms with Crippen molar-refractivity contribution in [1.29, 1.82) is 0 Å². The zero-order valence-electron chi connectivity index (χ0n) is 11.9. The van der Waals surface area contributed by atoms with E-state index in [1.807, 2.05) is 0 Å². The number of thiazole rings is 1. The number of fused-ring (bicyclic) bond motifs is 3. The summed E-state index contributed by atoms with van der Waals surface area (Å²) in [7, 11) is 2.14. The van der Waals surface area contributed by atoms with E-state index >= 15 is 0 Å². The highest BCUT2D eigenvalue weighted by Gasteiger charge is 2.43. The Morgan fingerprint density at radius 3 is 3.05 bits per heavy atom. The van der Waals surface area contributed by atoms with E-state index in [2.05, 4.69) is 22.2 Å². The highest BCUT2D eigenvalue weighted by Crippen LogP contribution is 2.48. The number of carbonyl (C=O) groups is 1. The van der Waals surface area contributed by atoms with E-state index in [-0.39, 0.29) is 11.8 Å². The average Bonchev–Trinajstić information content (AvgIpc) is 3.11. The van der Waals surface area contributed by atoms with Crippen LogP contribution in [0.5, 0.6) is 0 Å². The molecule has 3 atom stereocenters. The second-order valence-electron chi connectivity index (χ2n) is 6.65. The molecule has 2 heterocycles. The summed E-state index contributed by atoms with van der Waals surface area (Å²) in [5.41, 5.74) is 1.19. The summed E-state index contributed by atoms with van der Waals surface area (Å²) < 4.78 is 0. The van der Waals surface area contributed by atoms with Gasteiger partial charge in [0.1, 0.15) is 0 Å². The van der Waals surface area contributed by atoms with Gasteiger partial charge in [-0.15, -0.1) is 11.3 Å². The molecule has 0 aromatic carbocycles. The van der Waals surface area contributed by atoms with Crippen LogP contribution < -0.4 is 5.32 Å². The van der Waals surface area contributed by atoms with Gasteiger partial charge in [-0.05, 0) is 38.1 Å². The van der Waals surface area contributed by atoms with Gasteiger partial charge in [0.15, 0.2) is 5.13 Å². The Bertz CT molecular complexity index is 541. The lowest BCUT2D eigenvalue weighted by Crippen LogP contribution is -2.27. The van der Waals surface area contributed by atoms with Gasteiger partial charge >= 0.3 is 0 Å². The molecule has 1 aromatic heterocycles. The fourth-order valence-corrected chi connectivity index (χ4v) is 5.23. The standard InChI is InChI=1S/C15H21N3OS/c1-18-5-4-12-13(8-18)20-15(16-12)17-14(19)11-7-9-2-3-10(11)6-9/h9-11H,2-8H2,1H3,(H,16,17,19). The number of nitrogens with zero attached hydrogens (tertiary/aromatic N) is 2. The SMILES string of the molecule is CN1CCc2nc(NC(=O)C3CC4CCC3C4)sc2C1. The van der Waals surface area contributed by atoms with Crippen LogP contribution in [0.15, 0.2) is 0 Å². The van der Waals surface area contributed by atoms with Crippen molar-refractivity contribution in [2.75, 3.05) is 18.9 Å². The molecule has 4 nitrogen and oxygen atoms in total. The average molecular weight is 291 g/mol. The number of carbonyl (C=O) groups excluding carboxylic acids is 1. The van der Waals surface area contributed by atoms with E-state index in [1.54, 1.807) is 11.3 Å². The highest BCUT2D eigenvalue weighted by molar-refractivity contribution is 7.15. The van der Waals surface area contributed by atoms with E-state index in [4.69, 9.17) is 0 Å². The lowest BCUT2D eigenvalue weighted by atomic mass is 9.88. The summed E-state index contributed by atoms with van der Waals surface area (Å²) in [6.45, 7) is 2.04. The first kappa shape index (κ1) is 12.8. The maximum atomic E-state index is 12.4. The van der Waals surface area contributed by atoms with Crippen molar-refractivity contribution in [3.8, 4) is 0 Å². The molecule has 3 unspecified atom stereocenters. The van der Waals surface area contributed by atoms with Gasteiger partial charge in [0, 0.05) is 30.3 Å². The maximum absolute atomic E-state index is 12.4. The van der Waals surface area contributed by atoms with Crippen LogP contribution in [-0.4, -0.2) is 29.4 Å². The quantitative estimate of drug-likeness (QED) is 0.910. The topological polar surface area (TPSA) is 45.2 Å². The van der Waals surface area contributed by atoms with Gasteiger partial charge in [-0.2, -0.15) is 0 Å². The predicted molar refractivity (Wildman–Crippen MR) is 79.7 cm³/mol. The minimum Gasteiger partial charge on any atom is -0.302 e. The second kappa shape index (κ2) is 4.81. The summed E-state index contributed by atoms with van der Waals surface area (Å²) >= 11 is 1.66. The third-order valence-electron chi connectivity index (χ3n) is 5.23. The number of amides is 1. The first-order valence-electron chi connectivity index (χ1n) is 7.67. The Morgan fingerprint density at radius 1 is 1.40 bits per heavy atom. The van der Waals surface area contributed by atoms with Crippen LogP contribution in [0.4, 0.5) is 5.13 Å². The van der Waals surface area contributed by atoms with Crippen LogP contribution in [-0.2, 0) is 17.8 Å². The lowest BCUT2D eigenvalue weighted by Gasteiger charge is -2.20. The third kappa shape index (κ3) is 2.17.